The standard InChI is InChI=1S/C14H18O4S/c1-17-10-6-9(12(19-3)7-11(10)18-2)14(4-5-14)8-13(15)16/h6-7H,4-5,8H2,1-3H3,(H,15,16). The van der Waals surface area contributed by atoms with Gasteiger partial charge in [0.15, 0.2) is 11.5 Å². The largest absolute Gasteiger partial charge is 0.493 e. The molecular weight excluding hydrogens is 264 g/mol. The van der Waals surface area contributed by atoms with Crippen molar-refractivity contribution in [2.75, 3.05) is 20.5 Å². The van der Waals surface area contributed by atoms with Gasteiger partial charge in [-0.3, -0.25) is 4.79 Å². The summed E-state index contributed by atoms with van der Waals surface area (Å²) in [6.07, 6.45) is 4.00. The Morgan fingerprint density at radius 1 is 1.32 bits per heavy atom. The van der Waals surface area contributed by atoms with Gasteiger partial charge in [0.1, 0.15) is 0 Å². The third-order valence-corrected chi connectivity index (χ3v) is 4.40. The SMILES string of the molecule is COc1cc(SC)c(C2(CC(=O)O)CC2)cc1OC. The average Bonchev–Trinajstić information content (AvgIpc) is 3.16. The fraction of sp³-hybridized carbons (Fsp3) is 0.500. The van der Waals surface area contributed by atoms with Crippen LogP contribution in [0.2, 0.25) is 0 Å². The first-order valence-electron chi connectivity index (χ1n) is 6.08. The van der Waals surface area contributed by atoms with Crippen molar-refractivity contribution in [1.29, 1.82) is 0 Å². The molecule has 1 saturated carbocycles. The van der Waals surface area contributed by atoms with Crippen LogP contribution in [0.3, 0.4) is 0 Å². The zero-order chi connectivity index (χ0) is 14.0. The topological polar surface area (TPSA) is 55.8 Å². The molecule has 1 aromatic carbocycles. The summed E-state index contributed by atoms with van der Waals surface area (Å²) in [5.74, 6) is 0.591. The van der Waals surface area contributed by atoms with Crippen molar-refractivity contribution in [3.63, 3.8) is 0 Å². The molecule has 19 heavy (non-hydrogen) atoms. The van der Waals surface area contributed by atoms with Crippen molar-refractivity contribution in [2.24, 2.45) is 0 Å². The Labute approximate surface area is 117 Å². The van der Waals surface area contributed by atoms with E-state index in [9.17, 15) is 4.79 Å². The van der Waals surface area contributed by atoms with Crippen LogP contribution in [0.15, 0.2) is 17.0 Å². The van der Waals surface area contributed by atoms with Gasteiger partial charge in [0.2, 0.25) is 0 Å². The zero-order valence-electron chi connectivity index (χ0n) is 11.4. The van der Waals surface area contributed by atoms with E-state index in [2.05, 4.69) is 0 Å². The normalized spacial score (nSPS) is 15.9. The van der Waals surface area contributed by atoms with Gasteiger partial charge >= 0.3 is 5.97 Å². The maximum atomic E-state index is 11.0. The molecule has 2 rings (SSSR count). The number of carbonyl (C=O) groups is 1. The monoisotopic (exact) mass is 282 g/mol. The second-order valence-electron chi connectivity index (χ2n) is 4.76. The summed E-state index contributed by atoms with van der Waals surface area (Å²) in [6, 6.07) is 3.86. The number of hydrogen-bond donors (Lipinski definition) is 1. The minimum atomic E-state index is -0.751. The van der Waals surface area contributed by atoms with Crippen LogP contribution in [0.4, 0.5) is 0 Å². The molecule has 0 spiro atoms. The smallest absolute Gasteiger partial charge is 0.304 e. The number of hydrogen-bond acceptors (Lipinski definition) is 4. The summed E-state index contributed by atoms with van der Waals surface area (Å²) < 4.78 is 10.6. The maximum absolute atomic E-state index is 11.0. The molecule has 0 bridgehead atoms. The molecule has 0 heterocycles. The summed E-state index contributed by atoms with van der Waals surface area (Å²) in [5, 5.41) is 9.08. The zero-order valence-corrected chi connectivity index (χ0v) is 12.2. The second kappa shape index (κ2) is 5.33. The fourth-order valence-electron chi connectivity index (χ4n) is 2.43. The van der Waals surface area contributed by atoms with Crippen LogP contribution in [0.1, 0.15) is 24.8 Å². The number of aliphatic carboxylic acids is 1. The molecule has 0 atom stereocenters. The number of ether oxygens (including phenoxy) is 2. The van der Waals surface area contributed by atoms with Crippen LogP contribution >= 0.6 is 11.8 Å². The lowest BCUT2D eigenvalue weighted by molar-refractivity contribution is -0.137. The molecule has 1 aliphatic carbocycles. The summed E-state index contributed by atoms with van der Waals surface area (Å²) in [6.45, 7) is 0. The molecule has 1 aliphatic rings. The highest BCUT2D eigenvalue weighted by atomic mass is 32.2. The number of rotatable bonds is 6. The van der Waals surface area contributed by atoms with E-state index in [4.69, 9.17) is 14.6 Å². The van der Waals surface area contributed by atoms with Gasteiger partial charge < -0.3 is 14.6 Å². The van der Waals surface area contributed by atoms with E-state index in [0.29, 0.717) is 11.5 Å². The predicted octanol–water partition coefficient (Wildman–Crippen LogP) is 2.93. The van der Waals surface area contributed by atoms with Gasteiger partial charge in [-0.1, -0.05) is 0 Å². The minimum absolute atomic E-state index is 0.177. The highest BCUT2D eigenvalue weighted by Crippen LogP contribution is 2.55. The number of methoxy groups -OCH3 is 2. The lowest BCUT2D eigenvalue weighted by Crippen LogP contribution is -2.14. The van der Waals surface area contributed by atoms with Gasteiger partial charge in [0, 0.05) is 10.3 Å². The van der Waals surface area contributed by atoms with E-state index >= 15 is 0 Å². The Balaban J connectivity index is 2.47. The molecule has 4 nitrogen and oxygen atoms in total. The molecule has 0 amide bonds. The van der Waals surface area contributed by atoms with Crippen LogP contribution in [0.25, 0.3) is 0 Å². The van der Waals surface area contributed by atoms with Gasteiger partial charge in [0.25, 0.3) is 0 Å². The molecule has 1 fully saturated rings. The highest BCUT2D eigenvalue weighted by Gasteiger charge is 2.47. The summed E-state index contributed by atoms with van der Waals surface area (Å²) in [4.78, 5) is 12.1. The fourth-order valence-corrected chi connectivity index (χ4v) is 3.15. The van der Waals surface area contributed by atoms with Gasteiger partial charge in [-0.2, -0.15) is 0 Å². The van der Waals surface area contributed by atoms with Gasteiger partial charge in [-0.05, 0) is 36.8 Å². The molecule has 0 aliphatic heterocycles. The number of carboxylic acids is 1. The van der Waals surface area contributed by atoms with Crippen molar-refractivity contribution in [2.45, 2.75) is 29.6 Å². The summed E-state index contributed by atoms with van der Waals surface area (Å²) in [5.41, 5.74) is 0.851. The van der Waals surface area contributed by atoms with E-state index in [1.165, 1.54) is 0 Å². The molecule has 0 saturated heterocycles. The highest BCUT2D eigenvalue weighted by molar-refractivity contribution is 7.98. The first-order valence-corrected chi connectivity index (χ1v) is 7.31. The minimum Gasteiger partial charge on any atom is -0.493 e. The molecule has 5 heteroatoms. The van der Waals surface area contributed by atoms with E-state index in [-0.39, 0.29) is 11.8 Å². The molecule has 104 valence electrons. The Morgan fingerprint density at radius 3 is 2.32 bits per heavy atom. The average molecular weight is 282 g/mol. The van der Waals surface area contributed by atoms with Gasteiger partial charge in [-0.25, -0.2) is 0 Å². The number of carboxylic acid groups (broad SMARTS) is 1. The third-order valence-electron chi connectivity index (χ3n) is 3.62. The summed E-state index contributed by atoms with van der Waals surface area (Å²) in [7, 11) is 3.20. The number of thioether (sulfide) groups is 1. The molecule has 0 unspecified atom stereocenters. The van der Waals surface area contributed by atoms with Crippen molar-refractivity contribution >= 4 is 17.7 Å². The third kappa shape index (κ3) is 2.66. The van der Waals surface area contributed by atoms with Crippen molar-refractivity contribution < 1.29 is 19.4 Å². The van der Waals surface area contributed by atoms with Crippen LogP contribution in [0.5, 0.6) is 11.5 Å². The van der Waals surface area contributed by atoms with Crippen molar-refractivity contribution in [1.82, 2.24) is 0 Å². The van der Waals surface area contributed by atoms with E-state index in [1.807, 2.05) is 18.4 Å². The molecular formula is C14H18O4S. The maximum Gasteiger partial charge on any atom is 0.304 e. The molecule has 0 aromatic heterocycles. The molecule has 0 radical (unpaired) electrons. The van der Waals surface area contributed by atoms with Crippen molar-refractivity contribution in [3.05, 3.63) is 17.7 Å². The lowest BCUT2D eigenvalue weighted by atomic mass is 9.92. The quantitative estimate of drug-likeness (QED) is 0.813. The van der Waals surface area contributed by atoms with E-state index in [1.54, 1.807) is 26.0 Å². The van der Waals surface area contributed by atoms with Crippen molar-refractivity contribution in [3.8, 4) is 11.5 Å². The lowest BCUT2D eigenvalue weighted by Gasteiger charge is -2.19. The van der Waals surface area contributed by atoms with E-state index < -0.39 is 5.97 Å². The number of benzene rings is 1. The molecule has 1 aromatic rings. The Morgan fingerprint density at radius 2 is 1.89 bits per heavy atom. The summed E-state index contributed by atoms with van der Waals surface area (Å²) >= 11 is 1.61. The van der Waals surface area contributed by atoms with Crippen LogP contribution < -0.4 is 9.47 Å². The van der Waals surface area contributed by atoms with Crippen LogP contribution in [0, 0.1) is 0 Å². The van der Waals surface area contributed by atoms with Gasteiger partial charge in [0.05, 0.1) is 20.6 Å². The van der Waals surface area contributed by atoms with Crippen LogP contribution in [-0.2, 0) is 10.2 Å². The predicted molar refractivity (Wildman–Crippen MR) is 74.5 cm³/mol. The Hall–Kier alpha value is -1.36. The second-order valence-corrected chi connectivity index (χ2v) is 5.61. The van der Waals surface area contributed by atoms with Gasteiger partial charge in [-0.15, -0.1) is 11.8 Å². The Bertz CT molecular complexity index is 494. The molecule has 1 N–H and O–H groups in total. The first kappa shape index (κ1) is 14.1. The van der Waals surface area contributed by atoms with E-state index in [0.717, 1.165) is 23.3 Å². The first-order chi connectivity index (χ1) is 9.06. The van der Waals surface area contributed by atoms with Crippen LogP contribution in [-0.4, -0.2) is 31.6 Å². The Kier molecular flexibility index (Phi) is 3.94.